The zero-order valence-corrected chi connectivity index (χ0v) is 17.5. The van der Waals surface area contributed by atoms with Crippen LogP contribution in [0, 0.1) is 69.5 Å². The van der Waals surface area contributed by atoms with Crippen molar-refractivity contribution in [2.45, 2.75) is 72.6 Å². The van der Waals surface area contributed by atoms with E-state index in [-0.39, 0.29) is 10.8 Å². The minimum atomic E-state index is -0.132. The molecule has 27 heavy (non-hydrogen) atoms. The lowest BCUT2D eigenvalue weighted by Crippen LogP contribution is -2.53. The first-order valence-corrected chi connectivity index (χ1v) is 11.5. The molecule has 0 spiro atoms. The fraction of sp³-hybridized carbons (Fsp3) is 0.840. The van der Waals surface area contributed by atoms with Crippen molar-refractivity contribution in [3.8, 4) is 6.07 Å². The molecule has 3 unspecified atom stereocenters. The van der Waals surface area contributed by atoms with E-state index in [1.165, 1.54) is 31.3 Å². The maximum atomic E-state index is 12.0. The molecule has 0 N–H and O–H groups in total. The van der Waals surface area contributed by atoms with Crippen LogP contribution >= 0.6 is 0 Å². The van der Waals surface area contributed by atoms with E-state index in [2.05, 4.69) is 33.8 Å². The summed E-state index contributed by atoms with van der Waals surface area (Å²) in [5, 5.41) is 10.4. The highest BCUT2D eigenvalue weighted by Gasteiger charge is 2.74. The highest BCUT2D eigenvalue weighted by atomic mass is 16.1. The van der Waals surface area contributed by atoms with E-state index in [4.69, 9.17) is 0 Å². The van der Waals surface area contributed by atoms with E-state index >= 15 is 0 Å². The molecule has 0 aliphatic heterocycles. The van der Waals surface area contributed by atoms with Crippen LogP contribution in [0.4, 0.5) is 0 Å². The minimum Gasteiger partial charge on any atom is -0.295 e. The van der Waals surface area contributed by atoms with Gasteiger partial charge < -0.3 is 0 Å². The number of carbonyl (C=O) groups excluding carboxylic acids is 1. The van der Waals surface area contributed by atoms with E-state index in [1.54, 1.807) is 0 Å². The lowest BCUT2D eigenvalue weighted by Gasteiger charge is -2.59. The van der Waals surface area contributed by atoms with Gasteiger partial charge in [0.05, 0.1) is 11.5 Å². The number of hydrogen-bond donors (Lipinski definition) is 0. The Balaban J connectivity index is 1.60. The topological polar surface area (TPSA) is 40.9 Å². The summed E-state index contributed by atoms with van der Waals surface area (Å²) in [5.74, 6) is 6.10. The summed E-state index contributed by atoms with van der Waals surface area (Å²) in [6.45, 7) is 9.61. The molecule has 4 saturated carbocycles. The molecule has 0 aromatic carbocycles. The van der Waals surface area contributed by atoms with E-state index < -0.39 is 0 Å². The van der Waals surface area contributed by atoms with Crippen molar-refractivity contribution >= 4 is 5.78 Å². The molecule has 0 radical (unpaired) electrons. The predicted molar refractivity (Wildman–Crippen MR) is 107 cm³/mol. The van der Waals surface area contributed by atoms with Gasteiger partial charge in [-0.3, -0.25) is 4.79 Å². The Morgan fingerprint density at radius 1 is 1.22 bits per heavy atom. The Morgan fingerprint density at radius 2 is 2.00 bits per heavy atom. The van der Waals surface area contributed by atoms with Gasteiger partial charge in [0, 0.05) is 6.42 Å². The average Bonchev–Trinajstić information content (AvgIpc) is 2.83. The largest absolute Gasteiger partial charge is 0.295 e. The Hall–Kier alpha value is -1.10. The van der Waals surface area contributed by atoms with Gasteiger partial charge >= 0.3 is 0 Å². The third-order valence-corrected chi connectivity index (χ3v) is 10.5. The van der Waals surface area contributed by atoms with Gasteiger partial charge in [0.25, 0.3) is 0 Å². The summed E-state index contributed by atoms with van der Waals surface area (Å²) < 4.78 is 0. The van der Waals surface area contributed by atoms with Crippen molar-refractivity contribution in [2.24, 2.45) is 58.2 Å². The van der Waals surface area contributed by atoms with Gasteiger partial charge in [-0.05, 0) is 104 Å². The van der Waals surface area contributed by atoms with E-state index in [9.17, 15) is 10.1 Å². The third kappa shape index (κ3) is 2.00. The molecule has 2 heteroatoms. The summed E-state index contributed by atoms with van der Waals surface area (Å²) in [6, 6.07) is 2.90. The van der Waals surface area contributed by atoms with Gasteiger partial charge in [0.1, 0.15) is 0 Å². The quantitative estimate of drug-likeness (QED) is 0.590. The Kier molecular flexibility index (Phi) is 3.80. The summed E-state index contributed by atoms with van der Waals surface area (Å²) in [6.07, 6.45) is 9.95. The van der Waals surface area contributed by atoms with Crippen LogP contribution in [-0.2, 0) is 4.79 Å². The van der Waals surface area contributed by atoms with Crippen LogP contribution < -0.4 is 0 Å². The van der Waals surface area contributed by atoms with E-state index in [1.807, 2.05) is 6.08 Å². The first-order valence-electron chi connectivity index (χ1n) is 11.5. The summed E-state index contributed by atoms with van der Waals surface area (Å²) in [5.41, 5.74) is 1.57. The molecule has 10 atom stereocenters. The highest BCUT2D eigenvalue weighted by Crippen LogP contribution is 2.78. The first-order chi connectivity index (χ1) is 12.9. The fourth-order valence-electron chi connectivity index (χ4n) is 9.45. The summed E-state index contributed by atoms with van der Waals surface area (Å²) in [4.78, 5) is 12.0. The average molecular weight is 366 g/mol. The number of nitrogens with zero attached hydrogens (tertiary/aromatic N) is 1. The number of nitriles is 1. The SMILES string of the molecule is CC[C@]12CC[C@H]3[C@@H]([C@H](C)CC4=CC(=O)CC[C@@H]43)[C@@H]1C1C(C)CC1[C@]2(C)C#N. The maximum Gasteiger partial charge on any atom is 0.155 e. The van der Waals surface area contributed by atoms with E-state index in [0.717, 1.165) is 48.9 Å². The lowest BCUT2D eigenvalue weighted by molar-refractivity contribution is -0.117. The van der Waals surface area contributed by atoms with Crippen molar-refractivity contribution in [3.05, 3.63) is 11.6 Å². The Morgan fingerprint density at radius 3 is 2.67 bits per heavy atom. The van der Waals surface area contributed by atoms with Gasteiger partial charge in [-0.25, -0.2) is 0 Å². The molecule has 0 aromatic heterocycles. The molecule has 0 heterocycles. The molecule has 5 rings (SSSR count). The summed E-state index contributed by atoms with van der Waals surface area (Å²) >= 11 is 0. The van der Waals surface area contributed by atoms with Crippen molar-refractivity contribution < 1.29 is 4.79 Å². The zero-order chi connectivity index (χ0) is 19.1. The van der Waals surface area contributed by atoms with Crippen LogP contribution in [0.1, 0.15) is 72.6 Å². The molecular weight excluding hydrogens is 330 g/mol. The number of allylic oxidation sites excluding steroid dienone is 1. The number of fused-ring (bicyclic) bond motifs is 7. The van der Waals surface area contributed by atoms with Gasteiger partial charge in [-0.15, -0.1) is 0 Å². The van der Waals surface area contributed by atoms with Gasteiger partial charge in [-0.2, -0.15) is 5.26 Å². The number of hydrogen-bond acceptors (Lipinski definition) is 2. The number of carbonyl (C=O) groups is 1. The lowest BCUT2D eigenvalue weighted by atomic mass is 9.45. The first kappa shape index (κ1) is 18.0. The second-order valence-corrected chi connectivity index (χ2v) is 11.0. The third-order valence-electron chi connectivity index (χ3n) is 10.5. The molecule has 146 valence electrons. The number of ketones is 1. The second-order valence-electron chi connectivity index (χ2n) is 11.0. The molecule has 0 amide bonds. The molecular formula is C25H35NO. The van der Waals surface area contributed by atoms with Crippen molar-refractivity contribution in [3.63, 3.8) is 0 Å². The van der Waals surface area contributed by atoms with Crippen molar-refractivity contribution in [2.75, 3.05) is 0 Å². The van der Waals surface area contributed by atoms with Crippen LogP contribution in [0.5, 0.6) is 0 Å². The Bertz CT molecular complexity index is 746. The monoisotopic (exact) mass is 365 g/mol. The molecule has 0 aromatic rings. The molecule has 2 nitrogen and oxygen atoms in total. The van der Waals surface area contributed by atoms with Crippen LogP contribution in [-0.4, -0.2) is 5.78 Å². The van der Waals surface area contributed by atoms with Crippen molar-refractivity contribution in [1.29, 1.82) is 5.26 Å². The number of rotatable bonds is 1. The minimum absolute atomic E-state index is 0.132. The van der Waals surface area contributed by atoms with Crippen LogP contribution in [0.25, 0.3) is 0 Å². The Labute approximate surface area is 164 Å². The normalized spacial score (nSPS) is 56.0. The molecule has 0 bridgehead atoms. The van der Waals surface area contributed by atoms with Crippen LogP contribution in [0.2, 0.25) is 0 Å². The van der Waals surface area contributed by atoms with Crippen molar-refractivity contribution in [1.82, 2.24) is 0 Å². The van der Waals surface area contributed by atoms with Crippen LogP contribution in [0.15, 0.2) is 11.6 Å². The molecule has 5 aliphatic carbocycles. The standard InChI is InChI=1S/C25H35NO/c1-5-25-9-8-19-18-7-6-17(27)12-16(18)10-14(2)21(19)23(25)22-15(3)11-20(22)24(25,4)13-26/h12,14-15,18-23H,5-11H2,1-4H3/t14-,15?,18+,19-,20?,21-,22?,23-,24+,25+/m1/s1. The molecule has 5 aliphatic rings. The summed E-state index contributed by atoms with van der Waals surface area (Å²) in [7, 11) is 0. The van der Waals surface area contributed by atoms with Crippen LogP contribution in [0.3, 0.4) is 0 Å². The highest BCUT2D eigenvalue weighted by molar-refractivity contribution is 5.91. The van der Waals surface area contributed by atoms with Gasteiger partial charge in [0.15, 0.2) is 5.78 Å². The smallest absolute Gasteiger partial charge is 0.155 e. The second kappa shape index (κ2) is 5.71. The predicted octanol–water partition coefficient (Wildman–Crippen LogP) is 5.79. The molecule has 4 fully saturated rings. The molecule has 0 saturated heterocycles. The van der Waals surface area contributed by atoms with E-state index in [0.29, 0.717) is 23.5 Å². The van der Waals surface area contributed by atoms with Gasteiger partial charge in [-0.1, -0.05) is 26.3 Å². The zero-order valence-electron chi connectivity index (χ0n) is 17.5. The fourth-order valence-corrected chi connectivity index (χ4v) is 9.45. The maximum absolute atomic E-state index is 12.0. The van der Waals surface area contributed by atoms with Gasteiger partial charge in [0.2, 0.25) is 0 Å².